The number of benzene rings is 1. The first-order valence-electron chi connectivity index (χ1n) is 13.8. The number of aliphatic hydroxyl groups excluding tert-OH is 2. The van der Waals surface area contributed by atoms with Crippen molar-refractivity contribution in [1.82, 2.24) is 0 Å². The standard InChI is InChI=1S/C32H50O4/c1-24-27(22-29(33)23-30(24)34)18-17-26(15-9-7-11-20-32(4,5)36)28-16-12-14-25(21-28)13-8-6-10-19-31(2,3)35/h12,14,16-18,21,29-30,33-36H,1,6-11,13,15,19-20,22-23H2,2-5H3/b26-17+,27-18?/t29-,30+/m1/s1. The van der Waals surface area contributed by atoms with Gasteiger partial charge in [-0.2, -0.15) is 0 Å². The maximum Gasteiger partial charge on any atom is 0.0811 e. The average molecular weight is 499 g/mol. The van der Waals surface area contributed by atoms with Gasteiger partial charge in [-0.05, 0) is 100 Å². The Hall–Kier alpha value is -1.72. The maximum absolute atomic E-state index is 10.2. The van der Waals surface area contributed by atoms with E-state index in [9.17, 15) is 20.4 Å². The highest BCUT2D eigenvalue weighted by molar-refractivity contribution is 5.68. The number of rotatable bonds is 14. The second-order valence-corrected chi connectivity index (χ2v) is 12.0. The van der Waals surface area contributed by atoms with Gasteiger partial charge in [-0.1, -0.05) is 68.7 Å². The van der Waals surface area contributed by atoms with Crippen molar-refractivity contribution < 1.29 is 20.4 Å². The monoisotopic (exact) mass is 498 g/mol. The lowest BCUT2D eigenvalue weighted by Gasteiger charge is -2.26. The van der Waals surface area contributed by atoms with Gasteiger partial charge < -0.3 is 20.4 Å². The molecule has 0 aliphatic heterocycles. The predicted molar refractivity (Wildman–Crippen MR) is 151 cm³/mol. The summed E-state index contributed by atoms with van der Waals surface area (Å²) in [6, 6.07) is 8.77. The second kappa shape index (κ2) is 14.3. The summed E-state index contributed by atoms with van der Waals surface area (Å²) in [6.07, 6.45) is 13.8. The molecule has 1 fully saturated rings. The van der Waals surface area contributed by atoms with Gasteiger partial charge in [-0.25, -0.2) is 0 Å². The van der Waals surface area contributed by atoms with E-state index in [4.69, 9.17) is 0 Å². The van der Waals surface area contributed by atoms with Gasteiger partial charge in [-0.3, -0.25) is 0 Å². The van der Waals surface area contributed by atoms with Gasteiger partial charge in [0.2, 0.25) is 0 Å². The summed E-state index contributed by atoms with van der Waals surface area (Å²) in [7, 11) is 0. The molecule has 1 aromatic rings. The van der Waals surface area contributed by atoms with Crippen LogP contribution < -0.4 is 0 Å². The molecule has 1 aliphatic carbocycles. The molecule has 0 spiro atoms. The summed E-state index contributed by atoms with van der Waals surface area (Å²) in [6.45, 7) is 11.5. The Balaban J connectivity index is 2.11. The number of allylic oxidation sites excluding steroid dienone is 3. The molecule has 0 aromatic heterocycles. The first kappa shape index (κ1) is 30.5. The van der Waals surface area contributed by atoms with Crippen LogP contribution in [-0.4, -0.2) is 43.8 Å². The Morgan fingerprint density at radius 2 is 1.58 bits per heavy atom. The molecule has 4 nitrogen and oxygen atoms in total. The Morgan fingerprint density at radius 1 is 0.944 bits per heavy atom. The molecule has 2 rings (SSSR count). The highest BCUT2D eigenvalue weighted by atomic mass is 16.3. The number of hydrogen-bond donors (Lipinski definition) is 4. The Morgan fingerprint density at radius 3 is 2.22 bits per heavy atom. The molecule has 0 bridgehead atoms. The number of aliphatic hydroxyl groups is 4. The quantitative estimate of drug-likeness (QED) is 0.216. The molecule has 1 aliphatic rings. The fraction of sp³-hybridized carbons (Fsp3) is 0.625. The minimum Gasteiger partial charge on any atom is -0.393 e. The van der Waals surface area contributed by atoms with Crippen LogP contribution >= 0.6 is 0 Å². The minimum absolute atomic E-state index is 0.353. The molecule has 0 amide bonds. The minimum atomic E-state index is -0.682. The first-order valence-corrected chi connectivity index (χ1v) is 13.8. The van der Waals surface area contributed by atoms with Crippen LogP contribution in [0.3, 0.4) is 0 Å². The van der Waals surface area contributed by atoms with E-state index in [0.29, 0.717) is 18.4 Å². The second-order valence-electron chi connectivity index (χ2n) is 12.0. The van der Waals surface area contributed by atoms with Crippen molar-refractivity contribution in [3.8, 4) is 0 Å². The zero-order valence-electron chi connectivity index (χ0n) is 23.1. The van der Waals surface area contributed by atoms with Crippen LogP contribution in [0.25, 0.3) is 5.57 Å². The Labute approximate surface area is 219 Å². The SMILES string of the molecule is C=C1C(=C/C=C(\CCCCCC(C)(C)O)c2cccc(CCCCCC(C)(C)O)c2)C[C@@H](O)C[C@@H]1O. The molecule has 0 radical (unpaired) electrons. The number of hydrogen-bond acceptors (Lipinski definition) is 4. The van der Waals surface area contributed by atoms with E-state index in [-0.39, 0.29) is 0 Å². The van der Waals surface area contributed by atoms with Crippen molar-refractivity contribution in [2.75, 3.05) is 0 Å². The van der Waals surface area contributed by atoms with Crippen LogP contribution in [0.4, 0.5) is 0 Å². The van der Waals surface area contributed by atoms with Crippen molar-refractivity contribution >= 4 is 5.57 Å². The summed E-state index contributed by atoms with van der Waals surface area (Å²) in [5, 5.41) is 40.2. The molecule has 36 heavy (non-hydrogen) atoms. The molecule has 2 atom stereocenters. The fourth-order valence-electron chi connectivity index (χ4n) is 4.82. The van der Waals surface area contributed by atoms with E-state index in [1.165, 1.54) is 16.7 Å². The van der Waals surface area contributed by atoms with E-state index in [1.54, 1.807) is 0 Å². The van der Waals surface area contributed by atoms with E-state index in [0.717, 1.165) is 69.8 Å². The fourth-order valence-corrected chi connectivity index (χ4v) is 4.82. The summed E-state index contributed by atoms with van der Waals surface area (Å²) in [4.78, 5) is 0. The molecule has 1 aromatic carbocycles. The van der Waals surface area contributed by atoms with E-state index in [1.807, 2.05) is 33.8 Å². The van der Waals surface area contributed by atoms with Gasteiger partial charge >= 0.3 is 0 Å². The third-order valence-electron chi connectivity index (χ3n) is 7.04. The average Bonchev–Trinajstić information content (AvgIpc) is 2.77. The molecule has 1 saturated carbocycles. The normalized spacial score (nSPS) is 20.8. The van der Waals surface area contributed by atoms with Crippen LogP contribution in [-0.2, 0) is 6.42 Å². The highest BCUT2D eigenvalue weighted by Crippen LogP contribution is 2.30. The third kappa shape index (κ3) is 12.0. The lowest BCUT2D eigenvalue weighted by molar-refractivity contribution is 0.0674. The van der Waals surface area contributed by atoms with Crippen LogP contribution in [0.2, 0.25) is 0 Å². The van der Waals surface area contributed by atoms with E-state index < -0.39 is 23.4 Å². The zero-order valence-corrected chi connectivity index (χ0v) is 23.1. The predicted octanol–water partition coefficient (Wildman–Crippen LogP) is 6.66. The van der Waals surface area contributed by atoms with Gasteiger partial charge in [0, 0.05) is 6.42 Å². The summed E-state index contributed by atoms with van der Waals surface area (Å²) >= 11 is 0. The van der Waals surface area contributed by atoms with Crippen LogP contribution in [0.15, 0.2) is 54.1 Å². The van der Waals surface area contributed by atoms with Crippen LogP contribution in [0, 0.1) is 0 Å². The Kier molecular flexibility index (Phi) is 12.1. The maximum atomic E-state index is 10.2. The number of aryl methyl sites for hydroxylation is 1. The lowest BCUT2D eigenvalue weighted by Crippen LogP contribution is -2.26. The summed E-state index contributed by atoms with van der Waals surface area (Å²) < 4.78 is 0. The van der Waals surface area contributed by atoms with E-state index in [2.05, 4.69) is 36.9 Å². The Bertz CT molecular complexity index is 882. The molecule has 4 N–H and O–H groups in total. The molecule has 202 valence electrons. The van der Waals surface area contributed by atoms with Crippen molar-refractivity contribution in [2.45, 2.75) is 128 Å². The smallest absolute Gasteiger partial charge is 0.0811 e. The van der Waals surface area contributed by atoms with Crippen molar-refractivity contribution in [3.63, 3.8) is 0 Å². The van der Waals surface area contributed by atoms with Crippen LogP contribution in [0.5, 0.6) is 0 Å². The highest BCUT2D eigenvalue weighted by Gasteiger charge is 2.24. The first-order chi connectivity index (χ1) is 16.8. The van der Waals surface area contributed by atoms with Gasteiger partial charge in [-0.15, -0.1) is 0 Å². The lowest BCUT2D eigenvalue weighted by atomic mass is 9.85. The topological polar surface area (TPSA) is 80.9 Å². The van der Waals surface area contributed by atoms with Gasteiger partial charge in [0.15, 0.2) is 0 Å². The molecular formula is C32H50O4. The molecule has 0 unspecified atom stereocenters. The van der Waals surface area contributed by atoms with Gasteiger partial charge in [0.05, 0.1) is 23.4 Å². The van der Waals surface area contributed by atoms with Gasteiger partial charge in [0.25, 0.3) is 0 Å². The molecule has 0 heterocycles. The van der Waals surface area contributed by atoms with Crippen molar-refractivity contribution in [3.05, 3.63) is 65.3 Å². The summed E-state index contributed by atoms with van der Waals surface area (Å²) in [5.41, 5.74) is 4.21. The summed E-state index contributed by atoms with van der Waals surface area (Å²) in [5.74, 6) is 0. The molecule has 4 heteroatoms. The van der Waals surface area contributed by atoms with Crippen molar-refractivity contribution in [1.29, 1.82) is 0 Å². The number of unbranched alkanes of at least 4 members (excludes halogenated alkanes) is 4. The zero-order chi connectivity index (χ0) is 26.8. The molecular weight excluding hydrogens is 448 g/mol. The van der Waals surface area contributed by atoms with E-state index >= 15 is 0 Å². The third-order valence-corrected chi connectivity index (χ3v) is 7.04. The molecule has 0 saturated heterocycles. The van der Waals surface area contributed by atoms with Gasteiger partial charge in [0.1, 0.15) is 0 Å². The van der Waals surface area contributed by atoms with Crippen LogP contribution in [0.1, 0.15) is 109 Å². The largest absolute Gasteiger partial charge is 0.393 e. The van der Waals surface area contributed by atoms with Crippen molar-refractivity contribution in [2.24, 2.45) is 0 Å².